The maximum Gasteiger partial charge on any atom is 0.458 e. The van der Waals surface area contributed by atoms with Crippen LogP contribution >= 0.6 is 0 Å². The molecule has 0 radical (unpaired) electrons. The van der Waals surface area contributed by atoms with Crippen LogP contribution < -0.4 is 0 Å². The quantitative estimate of drug-likeness (QED) is 0.274. The molecule has 0 N–H and O–H groups in total. The monoisotopic (exact) mass is 410 g/mol. The molecule has 0 heterocycles. The van der Waals surface area contributed by atoms with E-state index in [1.54, 1.807) is 5.92 Å². The van der Waals surface area contributed by atoms with Gasteiger partial charge in [-0.15, -0.1) is 0 Å². The smallest absolute Gasteiger partial charge is 0.206 e. The molecule has 0 unspecified atom stereocenters. The molecule has 0 amide bonds. The van der Waals surface area contributed by atoms with E-state index in [0.717, 1.165) is 49.7 Å². The number of hydrogen-bond donors (Lipinski definition) is 0. The van der Waals surface area contributed by atoms with E-state index in [-0.39, 0.29) is 5.92 Å². The number of hydrogen-bond acceptors (Lipinski definition) is 0. The maximum absolute atomic E-state index is 14.2. The summed E-state index contributed by atoms with van der Waals surface area (Å²) in [7, 11) is 0. The molecule has 1 aromatic carbocycles. The van der Waals surface area contributed by atoms with Crippen LogP contribution in [0.25, 0.3) is 0 Å². The zero-order valence-electron chi connectivity index (χ0n) is 16.7. The fraction of sp³-hybridized carbons (Fsp3) is 0.583. The zero-order chi connectivity index (χ0) is 21.0. The Kier molecular flexibility index (Phi) is 7.03. The lowest BCUT2D eigenvalue weighted by Gasteiger charge is -2.37. The predicted molar refractivity (Wildman–Crippen MR) is 104 cm³/mol. The van der Waals surface area contributed by atoms with Gasteiger partial charge < -0.3 is 0 Å². The maximum atomic E-state index is 14.2. The second-order valence-corrected chi connectivity index (χ2v) is 8.42. The van der Waals surface area contributed by atoms with E-state index in [2.05, 4.69) is 19.1 Å². The molecule has 0 saturated heterocycles. The van der Waals surface area contributed by atoms with E-state index in [0.29, 0.717) is 17.4 Å². The van der Waals surface area contributed by atoms with Crippen molar-refractivity contribution in [2.45, 2.75) is 70.4 Å². The second kappa shape index (κ2) is 9.32. The summed E-state index contributed by atoms with van der Waals surface area (Å²) >= 11 is 0. The highest BCUT2D eigenvalue weighted by molar-refractivity contribution is 5.40. The Hall–Kier alpha value is -1.83. The van der Waals surface area contributed by atoms with Crippen molar-refractivity contribution in [3.05, 3.63) is 47.0 Å². The highest BCUT2D eigenvalue weighted by Gasteiger charge is 2.31. The normalized spacial score (nSPS) is 28.2. The van der Waals surface area contributed by atoms with Crippen molar-refractivity contribution < 1.29 is 22.0 Å². The van der Waals surface area contributed by atoms with Crippen LogP contribution in [0.3, 0.4) is 0 Å². The summed E-state index contributed by atoms with van der Waals surface area (Å²) in [6.07, 6.45) is 8.47. The van der Waals surface area contributed by atoms with Crippen molar-refractivity contribution in [2.24, 2.45) is 17.8 Å². The van der Waals surface area contributed by atoms with Crippen LogP contribution in [0.15, 0.2) is 24.3 Å². The third kappa shape index (κ3) is 5.84. The van der Waals surface area contributed by atoms with Gasteiger partial charge in [-0.05, 0) is 99.7 Å². The predicted octanol–water partition coefficient (Wildman–Crippen LogP) is 7.53. The largest absolute Gasteiger partial charge is 0.458 e. The van der Waals surface area contributed by atoms with E-state index in [1.807, 2.05) is 0 Å². The molecule has 1 aromatic rings. The van der Waals surface area contributed by atoms with Crippen LogP contribution in [-0.4, -0.2) is 6.18 Å². The molecule has 0 nitrogen and oxygen atoms in total. The lowest BCUT2D eigenvalue weighted by atomic mass is 9.68. The summed E-state index contributed by atoms with van der Waals surface area (Å²) in [6.45, 7) is 2.06. The first kappa shape index (κ1) is 21.9. The molecule has 2 aliphatic rings. The first-order chi connectivity index (χ1) is 13.8. The van der Waals surface area contributed by atoms with Crippen LogP contribution in [0.2, 0.25) is 0 Å². The van der Waals surface area contributed by atoms with Gasteiger partial charge in [0.25, 0.3) is 0 Å². The number of allylic oxidation sites excluding steroid dienone is 2. The molecule has 0 bridgehead atoms. The van der Waals surface area contributed by atoms with Crippen molar-refractivity contribution in [3.8, 4) is 11.8 Å². The molecular weight excluding hydrogens is 383 g/mol. The Bertz CT molecular complexity index is 757. The molecule has 0 aliphatic heterocycles. The minimum atomic E-state index is -4.78. The highest BCUT2D eigenvalue weighted by atomic mass is 19.4. The van der Waals surface area contributed by atoms with E-state index in [4.69, 9.17) is 0 Å². The average Bonchev–Trinajstić information content (AvgIpc) is 2.67. The van der Waals surface area contributed by atoms with Crippen molar-refractivity contribution in [1.29, 1.82) is 0 Å². The SMILES string of the molecule is CC=CC1CCC(C2CCC(c3cc(F)c(C#CC(F)(F)F)c(F)c3)CC2)CC1. The van der Waals surface area contributed by atoms with Gasteiger partial charge in [0.2, 0.25) is 0 Å². The lowest BCUT2D eigenvalue weighted by Crippen LogP contribution is -2.25. The van der Waals surface area contributed by atoms with Gasteiger partial charge in [0.05, 0.1) is 5.56 Å². The number of alkyl halides is 3. The zero-order valence-corrected chi connectivity index (χ0v) is 16.7. The van der Waals surface area contributed by atoms with Crippen LogP contribution in [0, 0.1) is 41.2 Å². The topological polar surface area (TPSA) is 0 Å². The van der Waals surface area contributed by atoms with Gasteiger partial charge in [-0.3, -0.25) is 0 Å². The summed E-state index contributed by atoms with van der Waals surface area (Å²) in [4.78, 5) is 0. The molecule has 2 aliphatic carbocycles. The van der Waals surface area contributed by atoms with Gasteiger partial charge in [0.15, 0.2) is 0 Å². The Labute approximate surface area is 169 Å². The molecule has 29 heavy (non-hydrogen) atoms. The van der Waals surface area contributed by atoms with Crippen LogP contribution in [0.1, 0.15) is 75.3 Å². The minimum absolute atomic E-state index is 0.0549. The van der Waals surface area contributed by atoms with Crippen molar-refractivity contribution in [1.82, 2.24) is 0 Å². The Morgan fingerprint density at radius 2 is 1.38 bits per heavy atom. The first-order valence-electron chi connectivity index (χ1n) is 10.5. The highest BCUT2D eigenvalue weighted by Crippen LogP contribution is 2.44. The molecule has 0 spiro atoms. The Morgan fingerprint density at radius 3 is 1.86 bits per heavy atom. The molecule has 2 saturated carbocycles. The van der Waals surface area contributed by atoms with E-state index in [9.17, 15) is 22.0 Å². The van der Waals surface area contributed by atoms with Crippen LogP contribution in [-0.2, 0) is 0 Å². The summed E-state index contributed by atoms with van der Waals surface area (Å²) in [5.41, 5.74) is -0.273. The number of halogens is 5. The van der Waals surface area contributed by atoms with Crippen LogP contribution in [0.5, 0.6) is 0 Å². The molecule has 5 heteroatoms. The van der Waals surface area contributed by atoms with Gasteiger partial charge in [-0.2, -0.15) is 13.2 Å². The van der Waals surface area contributed by atoms with Gasteiger partial charge in [-0.25, -0.2) is 8.78 Å². The van der Waals surface area contributed by atoms with E-state index >= 15 is 0 Å². The molecule has 0 atom stereocenters. The fourth-order valence-electron chi connectivity index (χ4n) is 5.09. The molecule has 2 fully saturated rings. The minimum Gasteiger partial charge on any atom is -0.206 e. The first-order valence-corrected chi connectivity index (χ1v) is 10.5. The Morgan fingerprint density at radius 1 is 0.862 bits per heavy atom. The van der Waals surface area contributed by atoms with Gasteiger partial charge >= 0.3 is 6.18 Å². The molecular formula is C24H27F5. The van der Waals surface area contributed by atoms with E-state index < -0.39 is 23.4 Å². The number of benzene rings is 1. The van der Waals surface area contributed by atoms with Crippen molar-refractivity contribution >= 4 is 0 Å². The summed E-state index contributed by atoms with van der Waals surface area (Å²) in [6, 6.07) is 2.33. The molecule has 3 rings (SSSR count). The number of rotatable bonds is 3. The van der Waals surface area contributed by atoms with Crippen LogP contribution in [0.4, 0.5) is 22.0 Å². The van der Waals surface area contributed by atoms with Gasteiger partial charge in [0, 0.05) is 5.92 Å². The fourth-order valence-corrected chi connectivity index (χ4v) is 5.09. The second-order valence-electron chi connectivity index (χ2n) is 8.42. The third-order valence-corrected chi connectivity index (χ3v) is 6.58. The molecule has 158 valence electrons. The summed E-state index contributed by atoms with van der Waals surface area (Å²) in [5.74, 6) is 2.67. The van der Waals surface area contributed by atoms with Crippen molar-refractivity contribution in [2.75, 3.05) is 0 Å². The average molecular weight is 410 g/mol. The van der Waals surface area contributed by atoms with Gasteiger partial charge in [0.1, 0.15) is 11.6 Å². The van der Waals surface area contributed by atoms with E-state index in [1.165, 1.54) is 25.7 Å². The van der Waals surface area contributed by atoms with Gasteiger partial charge in [-0.1, -0.05) is 18.1 Å². The third-order valence-electron chi connectivity index (χ3n) is 6.58. The Balaban J connectivity index is 1.60. The van der Waals surface area contributed by atoms with Crippen molar-refractivity contribution in [3.63, 3.8) is 0 Å². The standard InChI is InChI=1S/C24H27F5/c1-2-3-16-4-6-17(7-5-16)18-8-10-19(11-9-18)20-14-22(25)21(23(26)15-20)12-13-24(27,28)29/h2-3,14-19H,4-11H2,1H3. The molecule has 0 aromatic heterocycles. The summed E-state index contributed by atoms with van der Waals surface area (Å²) in [5, 5.41) is 0. The summed E-state index contributed by atoms with van der Waals surface area (Å²) < 4.78 is 65.0. The lowest BCUT2D eigenvalue weighted by molar-refractivity contribution is -0.0696.